The molecule has 1 aliphatic carbocycles. The van der Waals surface area contributed by atoms with E-state index in [0.29, 0.717) is 6.07 Å². The number of nitrogens with one attached hydrogen (secondary N) is 2. The number of phenols is 1. The molecule has 0 aliphatic heterocycles. The van der Waals surface area contributed by atoms with Crippen molar-refractivity contribution in [1.82, 2.24) is 0 Å². The van der Waals surface area contributed by atoms with E-state index in [0.717, 1.165) is 30.4 Å². The Labute approximate surface area is 204 Å². The Hall–Kier alpha value is -3.67. The highest BCUT2D eigenvalue weighted by atomic mass is 32.2. The maximum absolute atomic E-state index is 11.9. The zero-order chi connectivity index (χ0) is 26.6. The van der Waals surface area contributed by atoms with Crippen LogP contribution in [-0.4, -0.2) is 55.4 Å². The highest BCUT2D eigenvalue weighted by molar-refractivity contribution is 7.86. The molecule has 4 rings (SSSR count). The predicted octanol–water partition coefficient (Wildman–Crippen LogP) is 2.15. The van der Waals surface area contributed by atoms with Crippen LogP contribution in [0.4, 0.5) is 5.69 Å². The molecule has 3 aromatic carbocycles. The molecule has 0 fully saturated rings. The first-order chi connectivity index (χ1) is 16.6. The fraction of sp³-hybridized carbons (Fsp3) is 0. The first kappa shape index (κ1) is 25.4. The largest absolute Gasteiger partial charge is 0.507 e. The Kier molecular flexibility index (Phi) is 5.98. The van der Waals surface area contributed by atoms with Crippen molar-refractivity contribution in [2.45, 2.75) is 14.7 Å². The van der Waals surface area contributed by atoms with Crippen molar-refractivity contribution >= 4 is 64.3 Å². The Morgan fingerprint density at radius 1 is 0.778 bits per heavy atom. The minimum Gasteiger partial charge on any atom is -0.507 e. The van der Waals surface area contributed by atoms with E-state index < -0.39 is 50.8 Å². The second-order valence-electron chi connectivity index (χ2n) is 7.51. The van der Waals surface area contributed by atoms with Gasteiger partial charge in [-0.25, -0.2) is 0 Å². The van der Waals surface area contributed by atoms with Crippen LogP contribution in [0.25, 0.3) is 16.8 Å². The van der Waals surface area contributed by atoms with Crippen molar-refractivity contribution in [3.63, 3.8) is 0 Å². The fourth-order valence-electron chi connectivity index (χ4n) is 3.50. The number of benzene rings is 3. The Bertz CT molecular complexity index is 1860. The molecule has 0 saturated heterocycles. The van der Waals surface area contributed by atoms with Crippen LogP contribution in [0.5, 0.6) is 5.75 Å². The number of anilines is 1. The van der Waals surface area contributed by atoms with Crippen LogP contribution in [0.15, 0.2) is 68.3 Å². The number of aromatic hydroxyl groups is 1. The SMILES string of the molecule is N=C1C=Cc2c(cc(S(=O)(=O)O)cc2S(=O)(=O)O)/C1=N/Nc1ccc2c(O)cc(S(=O)(=O)O)cc2c1. The van der Waals surface area contributed by atoms with Gasteiger partial charge < -0.3 is 5.11 Å². The number of hydrazone groups is 1. The van der Waals surface area contributed by atoms with Gasteiger partial charge in [-0.15, -0.1) is 0 Å². The Balaban J connectivity index is 1.85. The quantitative estimate of drug-likeness (QED) is 0.198. The lowest BCUT2D eigenvalue weighted by Gasteiger charge is -2.18. The third kappa shape index (κ3) is 4.85. The van der Waals surface area contributed by atoms with Gasteiger partial charge in [-0.05, 0) is 47.9 Å². The highest BCUT2D eigenvalue weighted by Crippen LogP contribution is 2.32. The molecule has 6 N–H and O–H groups in total. The number of hydrogen-bond acceptors (Lipinski definition) is 10. The smallest absolute Gasteiger partial charge is 0.295 e. The fourth-order valence-corrected chi connectivity index (χ4v) is 5.38. The molecule has 0 unspecified atom stereocenters. The molecule has 0 heterocycles. The molecule has 0 spiro atoms. The molecule has 0 amide bonds. The lowest BCUT2D eigenvalue weighted by atomic mass is 9.94. The zero-order valence-corrected chi connectivity index (χ0v) is 20.1. The molecule has 3 aromatic rings. The van der Waals surface area contributed by atoms with Crippen LogP contribution in [-0.2, 0) is 30.4 Å². The van der Waals surface area contributed by atoms with Gasteiger partial charge in [-0.1, -0.05) is 6.08 Å². The average Bonchev–Trinajstić information content (AvgIpc) is 2.75. The van der Waals surface area contributed by atoms with Gasteiger partial charge in [0.25, 0.3) is 30.4 Å². The zero-order valence-electron chi connectivity index (χ0n) is 17.6. The van der Waals surface area contributed by atoms with E-state index in [4.69, 9.17) is 5.41 Å². The minimum atomic E-state index is -4.95. The number of hydrogen-bond donors (Lipinski definition) is 6. The highest BCUT2D eigenvalue weighted by Gasteiger charge is 2.28. The van der Waals surface area contributed by atoms with Crippen LogP contribution < -0.4 is 5.43 Å². The number of rotatable bonds is 5. The van der Waals surface area contributed by atoms with E-state index in [1.54, 1.807) is 0 Å². The first-order valence-electron chi connectivity index (χ1n) is 9.54. The van der Waals surface area contributed by atoms with Gasteiger partial charge in [-0.3, -0.25) is 24.5 Å². The van der Waals surface area contributed by atoms with E-state index in [1.165, 1.54) is 18.2 Å². The Morgan fingerprint density at radius 2 is 1.42 bits per heavy atom. The van der Waals surface area contributed by atoms with Crippen molar-refractivity contribution in [2.24, 2.45) is 5.10 Å². The molecule has 13 nitrogen and oxygen atoms in total. The lowest BCUT2D eigenvalue weighted by Crippen LogP contribution is -2.21. The summed E-state index contributed by atoms with van der Waals surface area (Å²) in [5.74, 6) is -0.415. The monoisotopic (exact) mass is 553 g/mol. The topological polar surface area (TPSA) is 232 Å². The van der Waals surface area contributed by atoms with E-state index in [9.17, 15) is 44.0 Å². The molecular formula is C20H15N3O10S3. The van der Waals surface area contributed by atoms with Gasteiger partial charge in [0, 0.05) is 22.6 Å². The molecule has 1 aliphatic rings. The summed E-state index contributed by atoms with van der Waals surface area (Å²) in [6.07, 6.45) is 2.31. The molecular weight excluding hydrogens is 538 g/mol. The molecule has 0 saturated carbocycles. The number of nitrogens with zero attached hydrogens (tertiary/aromatic N) is 1. The molecule has 36 heavy (non-hydrogen) atoms. The second-order valence-corrected chi connectivity index (χ2v) is 11.7. The van der Waals surface area contributed by atoms with Crippen molar-refractivity contribution in [3.8, 4) is 5.75 Å². The summed E-state index contributed by atoms with van der Waals surface area (Å²) >= 11 is 0. The maximum Gasteiger partial charge on any atom is 0.295 e. The normalized spacial score (nSPS) is 15.3. The van der Waals surface area contributed by atoms with Crippen molar-refractivity contribution in [3.05, 3.63) is 59.7 Å². The molecule has 188 valence electrons. The van der Waals surface area contributed by atoms with Crippen LogP contribution in [0.2, 0.25) is 0 Å². The predicted molar refractivity (Wildman–Crippen MR) is 128 cm³/mol. The second kappa shape index (κ2) is 8.47. The average molecular weight is 554 g/mol. The van der Waals surface area contributed by atoms with Crippen molar-refractivity contribution in [2.75, 3.05) is 5.43 Å². The van der Waals surface area contributed by atoms with E-state index >= 15 is 0 Å². The molecule has 0 atom stereocenters. The third-order valence-corrected chi connectivity index (χ3v) is 7.67. The number of allylic oxidation sites excluding steroid dienone is 1. The van der Waals surface area contributed by atoms with Gasteiger partial charge in [-0.2, -0.15) is 30.4 Å². The summed E-state index contributed by atoms with van der Waals surface area (Å²) in [4.78, 5) is -2.24. The number of fused-ring (bicyclic) bond motifs is 2. The van der Waals surface area contributed by atoms with Gasteiger partial charge in [0.15, 0.2) is 0 Å². The first-order valence-corrected chi connectivity index (χ1v) is 13.9. The van der Waals surface area contributed by atoms with Crippen LogP contribution in [0.1, 0.15) is 11.1 Å². The van der Waals surface area contributed by atoms with Crippen molar-refractivity contribution in [1.29, 1.82) is 5.41 Å². The third-order valence-electron chi connectivity index (χ3n) is 5.12. The molecule has 16 heteroatoms. The maximum atomic E-state index is 11.9. The Morgan fingerprint density at radius 3 is 2.03 bits per heavy atom. The van der Waals surface area contributed by atoms with Gasteiger partial charge in [0.05, 0.1) is 21.2 Å². The molecule has 0 radical (unpaired) electrons. The summed E-state index contributed by atoms with van der Waals surface area (Å²) in [6, 6.07) is 7.62. The summed E-state index contributed by atoms with van der Waals surface area (Å²) < 4.78 is 98.3. The van der Waals surface area contributed by atoms with Crippen LogP contribution in [0.3, 0.4) is 0 Å². The number of phenolic OH excluding ortho intramolecular Hbond substituents is 1. The standard InChI is InChI=1S/C20H15N3O10S3/c21-17-4-3-15-16(7-13(35(28,29)30)9-19(15)36(31,32)33)20(17)23-22-11-1-2-14-10(5-11)6-12(8-18(14)24)34(25,26)27/h1-9,21-22,24H,(H,25,26,27)(H,28,29,30)(H,31,32,33)/b21-17?,23-20-. The van der Waals surface area contributed by atoms with Gasteiger partial charge in [0.2, 0.25) is 0 Å². The van der Waals surface area contributed by atoms with Gasteiger partial charge >= 0.3 is 0 Å². The molecule has 0 bridgehead atoms. The van der Waals surface area contributed by atoms with Crippen LogP contribution >= 0.6 is 0 Å². The summed E-state index contributed by atoms with van der Waals surface area (Å²) in [5.41, 5.74) is 1.85. The minimum absolute atomic E-state index is 0.178. The summed E-state index contributed by atoms with van der Waals surface area (Å²) in [5, 5.41) is 22.7. The van der Waals surface area contributed by atoms with E-state index in [-0.39, 0.29) is 39.0 Å². The molecule has 0 aromatic heterocycles. The van der Waals surface area contributed by atoms with E-state index in [1.807, 2.05) is 0 Å². The van der Waals surface area contributed by atoms with Crippen molar-refractivity contribution < 1.29 is 44.0 Å². The van der Waals surface area contributed by atoms with Crippen LogP contribution in [0, 0.1) is 5.41 Å². The van der Waals surface area contributed by atoms with Gasteiger partial charge in [0.1, 0.15) is 16.4 Å². The van der Waals surface area contributed by atoms with E-state index in [2.05, 4.69) is 10.5 Å². The lowest BCUT2D eigenvalue weighted by molar-refractivity contribution is 0.471. The summed E-state index contributed by atoms with van der Waals surface area (Å²) in [6.45, 7) is 0. The summed E-state index contributed by atoms with van der Waals surface area (Å²) in [7, 11) is -14.5.